The number of rotatable bonds is 4. The highest BCUT2D eigenvalue weighted by Gasteiger charge is 2.33. The number of alkyl halides is 3. The summed E-state index contributed by atoms with van der Waals surface area (Å²) in [5.74, 6) is -0.898. The van der Waals surface area contributed by atoms with E-state index in [9.17, 15) is 17.6 Å². The molecule has 2 nitrogen and oxygen atoms in total. The van der Waals surface area contributed by atoms with E-state index in [0.29, 0.717) is 12.6 Å². The van der Waals surface area contributed by atoms with Gasteiger partial charge in [0.1, 0.15) is 5.82 Å². The van der Waals surface area contributed by atoms with Crippen LogP contribution in [0.3, 0.4) is 0 Å². The highest BCUT2D eigenvalue weighted by atomic mass is 19.4. The zero-order valence-electron chi connectivity index (χ0n) is 10.2. The molecule has 1 rings (SSSR count). The highest BCUT2D eigenvalue weighted by Crippen LogP contribution is 2.32. The van der Waals surface area contributed by atoms with E-state index >= 15 is 0 Å². The summed E-state index contributed by atoms with van der Waals surface area (Å²) in [5.41, 5.74) is 4.24. The van der Waals surface area contributed by atoms with E-state index in [1.165, 1.54) is 0 Å². The molecule has 0 atom stereocenters. The van der Waals surface area contributed by atoms with Crippen molar-refractivity contribution in [2.45, 2.75) is 32.1 Å². The minimum absolute atomic E-state index is 0.00421. The highest BCUT2D eigenvalue weighted by molar-refractivity contribution is 5.30. The smallest absolute Gasteiger partial charge is 0.324 e. The van der Waals surface area contributed by atoms with Crippen LogP contribution in [-0.4, -0.2) is 12.1 Å². The summed E-state index contributed by atoms with van der Waals surface area (Å²) < 4.78 is 50.9. The quantitative estimate of drug-likeness (QED) is 0.820. The molecule has 0 aliphatic rings. The summed E-state index contributed by atoms with van der Waals surface area (Å²) in [7, 11) is 0. The topological polar surface area (TPSA) is 38.0 Å². The fourth-order valence-electron chi connectivity index (χ4n) is 1.49. The maximum atomic E-state index is 12.8. The molecule has 0 amide bonds. The molecule has 3 N–H and O–H groups in total. The Balaban J connectivity index is 2.83. The molecule has 6 heteroatoms. The molecule has 0 saturated carbocycles. The fourth-order valence-corrected chi connectivity index (χ4v) is 1.49. The second-order valence-electron chi connectivity index (χ2n) is 4.89. The number of halogens is 4. The van der Waals surface area contributed by atoms with Gasteiger partial charge in [0.05, 0.1) is 5.56 Å². The van der Waals surface area contributed by atoms with Gasteiger partial charge in [-0.15, -0.1) is 0 Å². The Labute approximate surface area is 103 Å². The van der Waals surface area contributed by atoms with Crippen LogP contribution >= 0.6 is 0 Å². The van der Waals surface area contributed by atoms with Crippen LogP contribution < -0.4 is 11.1 Å². The van der Waals surface area contributed by atoms with Crippen LogP contribution in [0.15, 0.2) is 18.2 Å². The van der Waals surface area contributed by atoms with Gasteiger partial charge in [-0.2, -0.15) is 13.2 Å². The molecule has 18 heavy (non-hydrogen) atoms. The number of hydrogen-bond donors (Lipinski definition) is 2. The molecular weight excluding hydrogens is 248 g/mol. The predicted octanol–water partition coefficient (Wildman–Crippen LogP) is 2.67. The Kier molecular flexibility index (Phi) is 4.34. The van der Waals surface area contributed by atoms with Gasteiger partial charge in [0.15, 0.2) is 0 Å². The number of nitrogens with two attached hydrogens (primary N) is 1. The van der Waals surface area contributed by atoms with Crippen molar-refractivity contribution in [3.8, 4) is 0 Å². The van der Waals surface area contributed by atoms with Gasteiger partial charge < -0.3 is 11.1 Å². The average molecular weight is 264 g/mol. The lowest BCUT2D eigenvalue weighted by molar-refractivity contribution is -0.138. The van der Waals surface area contributed by atoms with Crippen LogP contribution in [0, 0.1) is 5.82 Å². The van der Waals surface area contributed by atoms with Crippen LogP contribution in [-0.2, 0) is 12.7 Å². The lowest BCUT2D eigenvalue weighted by atomic mass is 10.1. The molecule has 0 bridgehead atoms. The SMILES string of the molecule is CC(C)(N)CNCc1ccc(F)cc1C(F)(F)F. The van der Waals surface area contributed by atoms with Gasteiger partial charge in [0.2, 0.25) is 0 Å². The van der Waals surface area contributed by atoms with Crippen molar-refractivity contribution >= 4 is 0 Å². The number of nitrogens with one attached hydrogen (secondary N) is 1. The van der Waals surface area contributed by atoms with Gasteiger partial charge in [-0.1, -0.05) is 6.07 Å². The van der Waals surface area contributed by atoms with E-state index in [0.717, 1.165) is 12.1 Å². The molecule has 0 aromatic heterocycles. The van der Waals surface area contributed by atoms with Crippen molar-refractivity contribution in [2.75, 3.05) is 6.54 Å². The van der Waals surface area contributed by atoms with Crippen LogP contribution in [0.25, 0.3) is 0 Å². The van der Waals surface area contributed by atoms with E-state index in [1.54, 1.807) is 13.8 Å². The summed E-state index contributed by atoms with van der Waals surface area (Å²) in [6.07, 6.45) is -4.56. The lowest BCUT2D eigenvalue weighted by Gasteiger charge is -2.20. The maximum Gasteiger partial charge on any atom is 0.416 e. The van der Waals surface area contributed by atoms with E-state index in [4.69, 9.17) is 5.73 Å². The molecular formula is C12H16F4N2. The first kappa shape index (κ1) is 14.9. The van der Waals surface area contributed by atoms with Gasteiger partial charge >= 0.3 is 6.18 Å². The zero-order chi connectivity index (χ0) is 14.0. The molecule has 0 saturated heterocycles. The molecule has 0 radical (unpaired) electrons. The summed E-state index contributed by atoms with van der Waals surface area (Å²) >= 11 is 0. The third-order valence-electron chi connectivity index (χ3n) is 2.27. The second kappa shape index (κ2) is 5.24. The third-order valence-corrected chi connectivity index (χ3v) is 2.27. The first-order chi connectivity index (χ1) is 8.09. The molecule has 0 heterocycles. The van der Waals surface area contributed by atoms with Crippen molar-refractivity contribution in [3.63, 3.8) is 0 Å². The van der Waals surface area contributed by atoms with E-state index in [2.05, 4.69) is 5.32 Å². The standard InChI is InChI=1S/C12H16F4N2/c1-11(2,17)7-18-6-8-3-4-9(13)5-10(8)12(14,15)16/h3-5,18H,6-7,17H2,1-2H3. The number of hydrogen-bond acceptors (Lipinski definition) is 2. The second-order valence-corrected chi connectivity index (χ2v) is 4.89. The maximum absolute atomic E-state index is 12.8. The van der Waals surface area contributed by atoms with E-state index < -0.39 is 23.1 Å². The van der Waals surface area contributed by atoms with Crippen LogP contribution in [0.4, 0.5) is 17.6 Å². The minimum Gasteiger partial charge on any atom is -0.324 e. The van der Waals surface area contributed by atoms with Crippen molar-refractivity contribution < 1.29 is 17.6 Å². The molecule has 0 aliphatic heterocycles. The van der Waals surface area contributed by atoms with Gasteiger partial charge in [0, 0.05) is 18.6 Å². The molecule has 0 fully saturated rings. The monoisotopic (exact) mass is 264 g/mol. The average Bonchev–Trinajstić information content (AvgIpc) is 2.17. The van der Waals surface area contributed by atoms with Crippen molar-refractivity contribution in [2.24, 2.45) is 5.73 Å². The molecule has 1 aromatic rings. The van der Waals surface area contributed by atoms with Crippen LogP contribution in [0.1, 0.15) is 25.0 Å². The third kappa shape index (κ3) is 4.62. The van der Waals surface area contributed by atoms with Gasteiger partial charge in [-0.05, 0) is 31.5 Å². The van der Waals surface area contributed by atoms with Crippen molar-refractivity contribution in [3.05, 3.63) is 35.1 Å². The predicted molar refractivity (Wildman–Crippen MR) is 61.4 cm³/mol. The molecule has 0 aliphatic carbocycles. The first-order valence-electron chi connectivity index (χ1n) is 5.45. The zero-order valence-corrected chi connectivity index (χ0v) is 10.2. The Bertz CT molecular complexity index is 408. The minimum atomic E-state index is -4.56. The number of benzene rings is 1. The van der Waals surface area contributed by atoms with E-state index in [1.807, 2.05) is 0 Å². The van der Waals surface area contributed by atoms with Gasteiger partial charge in [-0.3, -0.25) is 0 Å². The molecule has 0 spiro atoms. The van der Waals surface area contributed by atoms with Crippen molar-refractivity contribution in [1.29, 1.82) is 0 Å². The Hall–Kier alpha value is -1.14. The van der Waals surface area contributed by atoms with Crippen molar-refractivity contribution in [1.82, 2.24) is 5.32 Å². The normalized spacial score (nSPS) is 12.8. The van der Waals surface area contributed by atoms with Crippen LogP contribution in [0.2, 0.25) is 0 Å². The first-order valence-corrected chi connectivity index (χ1v) is 5.45. The lowest BCUT2D eigenvalue weighted by Crippen LogP contribution is -2.42. The van der Waals surface area contributed by atoms with Gasteiger partial charge in [0.25, 0.3) is 0 Å². The molecule has 1 aromatic carbocycles. The summed E-state index contributed by atoms with van der Waals surface area (Å²) in [5, 5.41) is 2.83. The van der Waals surface area contributed by atoms with Crippen LogP contribution in [0.5, 0.6) is 0 Å². The Morgan fingerprint density at radius 2 is 1.83 bits per heavy atom. The summed E-state index contributed by atoms with van der Waals surface area (Å²) in [4.78, 5) is 0. The summed E-state index contributed by atoms with van der Waals surface area (Å²) in [6, 6.07) is 2.65. The molecule has 0 unspecified atom stereocenters. The van der Waals surface area contributed by atoms with E-state index in [-0.39, 0.29) is 12.1 Å². The Morgan fingerprint density at radius 1 is 1.22 bits per heavy atom. The Morgan fingerprint density at radius 3 is 2.33 bits per heavy atom. The largest absolute Gasteiger partial charge is 0.416 e. The molecule has 102 valence electrons. The summed E-state index contributed by atoms with van der Waals surface area (Å²) in [6.45, 7) is 3.88. The van der Waals surface area contributed by atoms with Gasteiger partial charge in [-0.25, -0.2) is 4.39 Å². The fraction of sp³-hybridized carbons (Fsp3) is 0.500.